The monoisotopic (exact) mass is 301 g/mol. The summed E-state index contributed by atoms with van der Waals surface area (Å²) >= 11 is 9.45. The average Bonchev–Trinajstić information content (AvgIpc) is 2.67. The molecule has 0 amide bonds. The van der Waals surface area contributed by atoms with Gasteiger partial charge in [0.2, 0.25) is 0 Å². The van der Waals surface area contributed by atoms with E-state index in [0.29, 0.717) is 16.6 Å². The van der Waals surface area contributed by atoms with E-state index in [2.05, 4.69) is 26.1 Å². The van der Waals surface area contributed by atoms with Crippen LogP contribution in [0.4, 0.5) is 5.82 Å². The van der Waals surface area contributed by atoms with E-state index in [-0.39, 0.29) is 0 Å². The lowest BCUT2D eigenvalue weighted by Crippen LogP contribution is -1.91. The molecule has 0 aliphatic rings. The molecule has 0 saturated heterocycles. The van der Waals surface area contributed by atoms with Crippen molar-refractivity contribution in [2.75, 3.05) is 12.8 Å². The lowest BCUT2D eigenvalue weighted by Gasteiger charge is -2.09. The first-order valence-electron chi connectivity index (χ1n) is 4.45. The standard InChI is InChI=1S/C10H9BrClN3O/c1-16-8-3-5(12)2-6(9(8)11)7-4-14-15-10(7)13/h2-4H,1H3,(H3,13,14,15). The summed E-state index contributed by atoms with van der Waals surface area (Å²) in [5.74, 6) is 1.15. The number of hydrogen-bond donors (Lipinski definition) is 2. The Bertz CT molecular complexity index is 527. The molecular weight excluding hydrogens is 293 g/mol. The van der Waals surface area contributed by atoms with Crippen LogP contribution in [0.5, 0.6) is 5.75 Å². The highest BCUT2D eigenvalue weighted by Gasteiger charge is 2.13. The third kappa shape index (κ3) is 1.88. The number of H-pyrrole nitrogens is 1. The fraction of sp³-hybridized carbons (Fsp3) is 0.100. The van der Waals surface area contributed by atoms with E-state index in [1.807, 2.05) is 0 Å². The number of aromatic amines is 1. The SMILES string of the molecule is COc1cc(Cl)cc(-c2cn[nH]c2N)c1Br. The maximum atomic E-state index is 6.00. The number of nitrogens with one attached hydrogen (secondary N) is 1. The predicted octanol–water partition coefficient (Wildman–Crippen LogP) is 3.08. The molecule has 0 aliphatic heterocycles. The predicted molar refractivity (Wildman–Crippen MR) is 67.7 cm³/mol. The number of anilines is 1. The van der Waals surface area contributed by atoms with Gasteiger partial charge in [0.1, 0.15) is 11.6 Å². The van der Waals surface area contributed by atoms with Crippen LogP contribution in [0, 0.1) is 0 Å². The van der Waals surface area contributed by atoms with Gasteiger partial charge in [0.05, 0.1) is 17.8 Å². The molecule has 0 fully saturated rings. The molecule has 16 heavy (non-hydrogen) atoms. The van der Waals surface area contributed by atoms with Gasteiger partial charge in [-0.3, -0.25) is 5.10 Å². The summed E-state index contributed by atoms with van der Waals surface area (Å²) in [6.07, 6.45) is 1.64. The highest BCUT2D eigenvalue weighted by molar-refractivity contribution is 9.10. The second-order valence-corrected chi connectivity index (χ2v) is 4.40. The largest absolute Gasteiger partial charge is 0.496 e. The maximum Gasteiger partial charge on any atom is 0.135 e. The Morgan fingerprint density at radius 1 is 1.44 bits per heavy atom. The van der Waals surface area contributed by atoms with Crippen molar-refractivity contribution in [2.45, 2.75) is 0 Å². The maximum absolute atomic E-state index is 6.00. The molecule has 84 valence electrons. The van der Waals surface area contributed by atoms with Gasteiger partial charge in [-0.05, 0) is 28.1 Å². The number of halogens is 2. The van der Waals surface area contributed by atoms with Crippen molar-refractivity contribution in [3.8, 4) is 16.9 Å². The second kappa shape index (κ2) is 4.35. The number of rotatable bonds is 2. The lowest BCUT2D eigenvalue weighted by atomic mass is 10.1. The summed E-state index contributed by atoms with van der Waals surface area (Å²) < 4.78 is 6.00. The van der Waals surface area contributed by atoms with Gasteiger partial charge in [-0.25, -0.2) is 0 Å². The fourth-order valence-electron chi connectivity index (χ4n) is 1.42. The molecule has 0 aliphatic carbocycles. The second-order valence-electron chi connectivity index (χ2n) is 3.17. The van der Waals surface area contributed by atoms with Crippen molar-refractivity contribution in [3.05, 3.63) is 27.8 Å². The number of nitrogen functional groups attached to an aromatic ring is 1. The van der Waals surface area contributed by atoms with Crippen LogP contribution in [0.25, 0.3) is 11.1 Å². The van der Waals surface area contributed by atoms with Crippen molar-refractivity contribution in [3.63, 3.8) is 0 Å². The van der Waals surface area contributed by atoms with Crippen LogP contribution in [0.15, 0.2) is 22.8 Å². The van der Waals surface area contributed by atoms with Crippen LogP contribution in [-0.2, 0) is 0 Å². The molecule has 0 saturated carbocycles. The lowest BCUT2D eigenvalue weighted by molar-refractivity contribution is 0.412. The Morgan fingerprint density at radius 2 is 2.19 bits per heavy atom. The Morgan fingerprint density at radius 3 is 2.75 bits per heavy atom. The molecule has 2 aromatic rings. The van der Waals surface area contributed by atoms with E-state index in [4.69, 9.17) is 22.1 Å². The van der Waals surface area contributed by atoms with Gasteiger partial charge in [0, 0.05) is 16.1 Å². The molecule has 0 spiro atoms. The van der Waals surface area contributed by atoms with Crippen LogP contribution in [0.2, 0.25) is 5.02 Å². The number of nitrogens with zero attached hydrogens (tertiary/aromatic N) is 1. The topological polar surface area (TPSA) is 63.9 Å². The molecule has 0 bridgehead atoms. The summed E-state index contributed by atoms with van der Waals surface area (Å²) in [5, 5.41) is 7.12. The third-order valence-corrected chi connectivity index (χ3v) is 3.22. The van der Waals surface area contributed by atoms with Crippen LogP contribution >= 0.6 is 27.5 Å². The van der Waals surface area contributed by atoms with E-state index >= 15 is 0 Å². The number of benzene rings is 1. The van der Waals surface area contributed by atoms with Gasteiger partial charge < -0.3 is 10.5 Å². The van der Waals surface area contributed by atoms with Gasteiger partial charge >= 0.3 is 0 Å². The van der Waals surface area contributed by atoms with E-state index in [9.17, 15) is 0 Å². The smallest absolute Gasteiger partial charge is 0.135 e. The summed E-state index contributed by atoms with van der Waals surface area (Å²) in [5.41, 5.74) is 7.39. The number of ether oxygens (including phenoxy) is 1. The van der Waals surface area contributed by atoms with Gasteiger partial charge in [0.15, 0.2) is 0 Å². The summed E-state index contributed by atoms with van der Waals surface area (Å²) in [6.45, 7) is 0. The quantitative estimate of drug-likeness (QED) is 0.896. The number of hydrogen-bond acceptors (Lipinski definition) is 3. The van der Waals surface area contributed by atoms with Gasteiger partial charge in [0.25, 0.3) is 0 Å². The zero-order chi connectivity index (χ0) is 11.7. The van der Waals surface area contributed by atoms with E-state index in [1.54, 1.807) is 25.4 Å². The Balaban J connectivity index is 2.65. The van der Waals surface area contributed by atoms with E-state index in [0.717, 1.165) is 15.6 Å². The highest BCUT2D eigenvalue weighted by Crippen LogP contribution is 2.39. The van der Waals surface area contributed by atoms with Gasteiger partial charge in [-0.1, -0.05) is 11.6 Å². The van der Waals surface area contributed by atoms with Crippen LogP contribution in [0.3, 0.4) is 0 Å². The minimum atomic E-state index is 0.491. The molecular formula is C10H9BrClN3O. The highest BCUT2D eigenvalue weighted by atomic mass is 79.9. The molecule has 0 radical (unpaired) electrons. The Hall–Kier alpha value is -1.20. The van der Waals surface area contributed by atoms with Gasteiger partial charge in [-0.15, -0.1) is 0 Å². The van der Waals surface area contributed by atoms with Crippen LogP contribution in [0.1, 0.15) is 0 Å². The van der Waals surface area contributed by atoms with Gasteiger partial charge in [-0.2, -0.15) is 5.10 Å². The molecule has 6 heteroatoms. The minimum Gasteiger partial charge on any atom is -0.496 e. The molecule has 2 rings (SSSR count). The van der Waals surface area contributed by atoms with Crippen molar-refractivity contribution >= 4 is 33.3 Å². The molecule has 1 heterocycles. The Labute approximate surface area is 106 Å². The average molecular weight is 303 g/mol. The zero-order valence-corrected chi connectivity index (χ0v) is 10.8. The molecule has 1 aromatic heterocycles. The molecule has 4 nitrogen and oxygen atoms in total. The first-order valence-corrected chi connectivity index (χ1v) is 5.63. The van der Waals surface area contributed by atoms with Crippen LogP contribution in [-0.4, -0.2) is 17.3 Å². The molecule has 1 aromatic carbocycles. The van der Waals surface area contributed by atoms with Crippen molar-refractivity contribution in [1.29, 1.82) is 0 Å². The first kappa shape index (κ1) is 11.3. The number of nitrogens with two attached hydrogens (primary N) is 1. The summed E-state index contributed by atoms with van der Waals surface area (Å²) in [4.78, 5) is 0. The van der Waals surface area contributed by atoms with Crippen molar-refractivity contribution < 1.29 is 4.74 Å². The van der Waals surface area contributed by atoms with E-state index in [1.165, 1.54) is 0 Å². The van der Waals surface area contributed by atoms with E-state index < -0.39 is 0 Å². The third-order valence-electron chi connectivity index (χ3n) is 2.18. The minimum absolute atomic E-state index is 0.491. The molecule has 3 N–H and O–H groups in total. The number of aromatic nitrogens is 2. The first-order chi connectivity index (χ1) is 7.63. The van der Waals surface area contributed by atoms with Crippen molar-refractivity contribution in [2.24, 2.45) is 0 Å². The summed E-state index contributed by atoms with van der Waals surface area (Å²) in [6, 6.07) is 3.53. The Kier molecular flexibility index (Phi) is 3.07. The normalized spacial score (nSPS) is 10.4. The zero-order valence-electron chi connectivity index (χ0n) is 8.42. The van der Waals surface area contributed by atoms with Crippen molar-refractivity contribution in [1.82, 2.24) is 10.2 Å². The number of methoxy groups -OCH3 is 1. The van der Waals surface area contributed by atoms with Crippen LogP contribution < -0.4 is 10.5 Å². The summed E-state index contributed by atoms with van der Waals surface area (Å²) in [7, 11) is 1.58. The molecule has 0 unspecified atom stereocenters. The fourth-order valence-corrected chi connectivity index (χ4v) is 2.23. The molecule has 0 atom stereocenters.